The molecule has 3 aromatic heterocycles. The zero-order valence-corrected chi connectivity index (χ0v) is 15.3. The first-order valence-electron chi connectivity index (χ1n) is 9.22. The first kappa shape index (κ1) is 17.1. The fraction of sp³-hybridized carbons (Fsp3) is 0.150. The Hall–Kier alpha value is -4.01. The number of aromatic nitrogens is 5. The summed E-state index contributed by atoms with van der Waals surface area (Å²) in [6, 6.07) is 12.6. The highest BCUT2D eigenvalue weighted by atomic mass is 16.5. The minimum Gasteiger partial charge on any atom is -0.360 e. The van der Waals surface area contributed by atoms with Crippen LogP contribution in [0, 0.1) is 0 Å². The normalized spacial score (nSPS) is 13.2. The quantitative estimate of drug-likeness (QED) is 0.521. The molecular formula is C20H17N7O2. The fourth-order valence-corrected chi connectivity index (χ4v) is 2.88. The number of rotatable bonds is 6. The van der Waals surface area contributed by atoms with E-state index in [1.165, 1.54) is 6.33 Å². The first-order chi connectivity index (χ1) is 14.2. The Morgan fingerprint density at radius 2 is 1.93 bits per heavy atom. The second-order valence-corrected chi connectivity index (χ2v) is 6.76. The maximum absolute atomic E-state index is 12.3. The largest absolute Gasteiger partial charge is 0.360 e. The van der Waals surface area contributed by atoms with E-state index in [0.29, 0.717) is 28.9 Å². The highest BCUT2D eigenvalue weighted by Crippen LogP contribution is 2.40. The Bertz CT molecular complexity index is 1130. The smallest absolute Gasteiger partial charge is 0.277 e. The van der Waals surface area contributed by atoms with Crippen molar-refractivity contribution in [3.63, 3.8) is 0 Å². The molecule has 0 atom stereocenters. The SMILES string of the molecule is O=C(Nc1ccc(Nc2cc(-n3cccn3)ncn2)cc1)c1cc(C2CC2)on1. The molecular weight excluding hydrogens is 370 g/mol. The van der Waals surface area contributed by atoms with Gasteiger partial charge in [-0.25, -0.2) is 14.6 Å². The lowest BCUT2D eigenvalue weighted by Gasteiger charge is -2.08. The minimum absolute atomic E-state index is 0.291. The van der Waals surface area contributed by atoms with E-state index in [9.17, 15) is 4.79 Å². The van der Waals surface area contributed by atoms with Gasteiger partial charge in [0.2, 0.25) is 0 Å². The topological polar surface area (TPSA) is 111 Å². The van der Waals surface area contributed by atoms with Crippen molar-refractivity contribution in [1.29, 1.82) is 0 Å². The van der Waals surface area contributed by atoms with Crippen LogP contribution in [0.25, 0.3) is 5.82 Å². The molecule has 0 spiro atoms. The monoisotopic (exact) mass is 387 g/mol. The summed E-state index contributed by atoms with van der Waals surface area (Å²) in [5.74, 6) is 2.21. The van der Waals surface area contributed by atoms with E-state index in [1.807, 2.05) is 24.4 Å². The number of amides is 1. The summed E-state index contributed by atoms with van der Waals surface area (Å²) >= 11 is 0. The molecule has 0 aliphatic heterocycles. The number of benzene rings is 1. The third-order valence-electron chi connectivity index (χ3n) is 4.55. The summed E-state index contributed by atoms with van der Waals surface area (Å²) in [6.45, 7) is 0. The third kappa shape index (κ3) is 3.84. The number of anilines is 3. The van der Waals surface area contributed by atoms with E-state index in [-0.39, 0.29) is 5.91 Å². The van der Waals surface area contributed by atoms with E-state index >= 15 is 0 Å². The Labute approximate surface area is 165 Å². The van der Waals surface area contributed by atoms with E-state index in [4.69, 9.17) is 4.52 Å². The summed E-state index contributed by atoms with van der Waals surface area (Å²) in [4.78, 5) is 20.8. The Morgan fingerprint density at radius 3 is 2.69 bits per heavy atom. The molecule has 9 nitrogen and oxygen atoms in total. The van der Waals surface area contributed by atoms with Crippen molar-refractivity contribution in [2.45, 2.75) is 18.8 Å². The molecule has 1 aliphatic rings. The van der Waals surface area contributed by atoms with Gasteiger partial charge in [0.1, 0.15) is 17.9 Å². The van der Waals surface area contributed by atoms with Crippen molar-refractivity contribution in [3.05, 3.63) is 72.6 Å². The van der Waals surface area contributed by atoms with Crippen LogP contribution in [-0.4, -0.2) is 30.8 Å². The fourth-order valence-electron chi connectivity index (χ4n) is 2.88. The summed E-state index contributed by atoms with van der Waals surface area (Å²) in [5, 5.41) is 14.0. The van der Waals surface area contributed by atoms with Gasteiger partial charge in [-0.1, -0.05) is 5.16 Å². The molecule has 3 heterocycles. The lowest BCUT2D eigenvalue weighted by Crippen LogP contribution is -2.12. The van der Waals surface area contributed by atoms with Crippen molar-refractivity contribution in [2.24, 2.45) is 0 Å². The molecule has 0 bridgehead atoms. The Morgan fingerprint density at radius 1 is 1.10 bits per heavy atom. The molecule has 1 aromatic carbocycles. The van der Waals surface area contributed by atoms with Crippen LogP contribution in [0.2, 0.25) is 0 Å². The number of carbonyl (C=O) groups is 1. The summed E-state index contributed by atoms with van der Waals surface area (Å²) in [5.41, 5.74) is 1.78. The number of hydrogen-bond donors (Lipinski definition) is 2. The molecule has 0 saturated heterocycles. The molecule has 1 aliphatic carbocycles. The minimum atomic E-state index is -0.291. The zero-order chi connectivity index (χ0) is 19.6. The van der Waals surface area contributed by atoms with Crippen LogP contribution < -0.4 is 10.6 Å². The molecule has 1 saturated carbocycles. The van der Waals surface area contributed by atoms with Gasteiger partial charge in [0, 0.05) is 41.8 Å². The molecule has 1 amide bonds. The summed E-state index contributed by atoms with van der Waals surface area (Å²) in [7, 11) is 0. The molecule has 5 rings (SSSR count). The van der Waals surface area contributed by atoms with E-state index in [2.05, 4.69) is 30.9 Å². The van der Waals surface area contributed by atoms with Crippen LogP contribution in [0.15, 0.2) is 65.7 Å². The average Bonchev–Trinajstić information content (AvgIpc) is 3.24. The maximum atomic E-state index is 12.3. The lowest BCUT2D eigenvalue weighted by molar-refractivity contribution is 0.101. The molecule has 1 fully saturated rings. The van der Waals surface area contributed by atoms with Gasteiger partial charge in [-0.3, -0.25) is 4.79 Å². The summed E-state index contributed by atoms with van der Waals surface area (Å²) in [6.07, 6.45) is 7.17. The third-order valence-corrected chi connectivity index (χ3v) is 4.55. The molecule has 4 aromatic rings. The van der Waals surface area contributed by atoms with Crippen molar-refractivity contribution in [2.75, 3.05) is 10.6 Å². The first-order valence-corrected chi connectivity index (χ1v) is 9.22. The second kappa shape index (κ2) is 7.19. The second-order valence-electron chi connectivity index (χ2n) is 6.76. The molecule has 9 heteroatoms. The Kier molecular flexibility index (Phi) is 4.24. The van der Waals surface area contributed by atoms with Gasteiger partial charge in [-0.05, 0) is 43.2 Å². The van der Waals surface area contributed by atoms with Gasteiger partial charge in [-0.15, -0.1) is 0 Å². The van der Waals surface area contributed by atoms with Gasteiger partial charge in [0.25, 0.3) is 5.91 Å². The van der Waals surface area contributed by atoms with Crippen LogP contribution in [0.4, 0.5) is 17.2 Å². The van der Waals surface area contributed by atoms with Crippen LogP contribution in [0.1, 0.15) is 35.0 Å². The highest BCUT2D eigenvalue weighted by molar-refractivity contribution is 6.02. The van der Waals surface area contributed by atoms with Crippen LogP contribution in [-0.2, 0) is 0 Å². The van der Waals surface area contributed by atoms with Gasteiger partial charge in [-0.2, -0.15) is 5.10 Å². The lowest BCUT2D eigenvalue weighted by atomic mass is 10.2. The van der Waals surface area contributed by atoms with Gasteiger partial charge in [0.05, 0.1) is 0 Å². The number of hydrogen-bond acceptors (Lipinski definition) is 7. The van der Waals surface area contributed by atoms with Crippen LogP contribution >= 0.6 is 0 Å². The molecule has 0 unspecified atom stereocenters. The van der Waals surface area contributed by atoms with Crippen molar-refractivity contribution < 1.29 is 9.32 Å². The molecule has 0 radical (unpaired) electrons. The number of carbonyl (C=O) groups excluding carboxylic acids is 1. The summed E-state index contributed by atoms with van der Waals surface area (Å²) < 4.78 is 6.89. The predicted molar refractivity (Wildman–Crippen MR) is 105 cm³/mol. The van der Waals surface area contributed by atoms with Gasteiger partial charge in [0.15, 0.2) is 11.5 Å². The standard InChI is InChI=1S/C20H17N7O2/c28-20(16-10-17(29-26-16)13-2-3-13)25-15-6-4-14(5-7-15)24-18-11-19(22-12-21-18)27-9-1-8-23-27/h1,4-13H,2-3H2,(H,25,28)(H,21,22,24). The zero-order valence-electron chi connectivity index (χ0n) is 15.3. The molecule has 29 heavy (non-hydrogen) atoms. The Balaban J connectivity index is 1.24. The highest BCUT2D eigenvalue weighted by Gasteiger charge is 2.28. The molecule has 144 valence electrons. The van der Waals surface area contributed by atoms with E-state index in [1.54, 1.807) is 35.1 Å². The molecule has 2 N–H and O–H groups in total. The van der Waals surface area contributed by atoms with Crippen LogP contribution in [0.5, 0.6) is 0 Å². The van der Waals surface area contributed by atoms with Crippen molar-refractivity contribution in [1.82, 2.24) is 24.9 Å². The predicted octanol–water partition coefficient (Wildman–Crippen LogP) is 3.52. The van der Waals surface area contributed by atoms with E-state index < -0.39 is 0 Å². The number of nitrogens with zero attached hydrogens (tertiary/aromatic N) is 5. The van der Waals surface area contributed by atoms with Gasteiger partial charge < -0.3 is 15.2 Å². The van der Waals surface area contributed by atoms with Gasteiger partial charge >= 0.3 is 0 Å². The average molecular weight is 387 g/mol. The number of nitrogens with one attached hydrogen (secondary N) is 2. The van der Waals surface area contributed by atoms with Crippen molar-refractivity contribution >= 4 is 23.1 Å². The van der Waals surface area contributed by atoms with Crippen LogP contribution in [0.3, 0.4) is 0 Å². The van der Waals surface area contributed by atoms with Crippen molar-refractivity contribution in [3.8, 4) is 5.82 Å². The van der Waals surface area contributed by atoms with E-state index in [0.717, 1.165) is 24.3 Å². The maximum Gasteiger partial charge on any atom is 0.277 e.